The lowest BCUT2D eigenvalue weighted by atomic mass is 10.0. The van der Waals surface area contributed by atoms with Crippen LogP contribution < -0.4 is 5.32 Å². The number of rotatable bonds is 5. The predicted molar refractivity (Wildman–Crippen MR) is 80.6 cm³/mol. The van der Waals surface area contributed by atoms with E-state index in [1.54, 1.807) is 23.5 Å². The quantitative estimate of drug-likeness (QED) is 0.840. The maximum atomic E-state index is 13.2. The van der Waals surface area contributed by atoms with Gasteiger partial charge >= 0.3 is 0 Å². The van der Waals surface area contributed by atoms with Crippen molar-refractivity contribution in [1.82, 2.24) is 5.32 Å². The molecule has 0 saturated carbocycles. The highest BCUT2D eigenvalue weighted by molar-refractivity contribution is 7.10. The fraction of sp³-hybridized carbons (Fsp3) is 0.333. The second-order valence-electron chi connectivity index (χ2n) is 4.54. The third-order valence-corrected chi connectivity index (χ3v) is 4.85. The molecule has 4 heteroatoms. The minimum Gasteiger partial charge on any atom is -0.309 e. The molecule has 2 rings (SSSR count). The highest BCUT2D eigenvalue weighted by Gasteiger charge is 2.17. The van der Waals surface area contributed by atoms with Crippen molar-refractivity contribution in [2.24, 2.45) is 0 Å². The van der Waals surface area contributed by atoms with Gasteiger partial charge in [0.1, 0.15) is 5.82 Å². The highest BCUT2D eigenvalue weighted by Crippen LogP contribution is 2.34. The van der Waals surface area contributed by atoms with Crippen LogP contribution in [0.5, 0.6) is 0 Å². The van der Waals surface area contributed by atoms with Crippen LogP contribution in [0.1, 0.15) is 29.0 Å². The number of thiophene rings is 1. The first-order valence-electron chi connectivity index (χ1n) is 6.33. The standard InChI is InChI=1S/C15H17ClFNS/c1-3-18-13(15-14(16)10(2)9-19-15)8-11-5-4-6-12(17)7-11/h4-7,9,13,18H,3,8H2,1-2H3. The Bertz CT molecular complexity index is 553. The maximum Gasteiger partial charge on any atom is 0.123 e. The number of hydrogen-bond acceptors (Lipinski definition) is 2. The fourth-order valence-corrected chi connectivity index (χ4v) is 3.49. The van der Waals surface area contributed by atoms with Gasteiger partial charge in [-0.1, -0.05) is 30.7 Å². The van der Waals surface area contributed by atoms with Crippen LogP contribution in [-0.4, -0.2) is 6.54 Å². The molecule has 1 nitrogen and oxygen atoms in total. The summed E-state index contributed by atoms with van der Waals surface area (Å²) in [6, 6.07) is 6.88. The molecule has 1 aromatic heterocycles. The van der Waals surface area contributed by atoms with Crippen LogP contribution in [-0.2, 0) is 6.42 Å². The lowest BCUT2D eigenvalue weighted by Crippen LogP contribution is -2.22. The van der Waals surface area contributed by atoms with Crippen LogP contribution in [0.2, 0.25) is 5.02 Å². The van der Waals surface area contributed by atoms with Crippen LogP contribution in [0.3, 0.4) is 0 Å². The molecule has 0 aliphatic carbocycles. The number of likely N-dealkylation sites (N-methyl/N-ethyl adjacent to an activating group) is 1. The topological polar surface area (TPSA) is 12.0 Å². The first kappa shape index (κ1) is 14.5. The molecule has 2 aromatic rings. The van der Waals surface area contributed by atoms with E-state index in [-0.39, 0.29) is 11.9 Å². The molecule has 0 aliphatic heterocycles. The summed E-state index contributed by atoms with van der Waals surface area (Å²) in [5.41, 5.74) is 2.08. The Morgan fingerprint density at radius 3 is 2.79 bits per heavy atom. The Labute approximate surface area is 122 Å². The Hall–Kier alpha value is -0.900. The lowest BCUT2D eigenvalue weighted by Gasteiger charge is -2.17. The molecule has 1 atom stereocenters. The summed E-state index contributed by atoms with van der Waals surface area (Å²) in [5.74, 6) is -0.193. The lowest BCUT2D eigenvalue weighted by molar-refractivity contribution is 0.554. The van der Waals surface area contributed by atoms with Crippen LogP contribution >= 0.6 is 22.9 Å². The van der Waals surface area contributed by atoms with Gasteiger partial charge in [0.2, 0.25) is 0 Å². The number of aryl methyl sites for hydroxylation is 1. The molecular weight excluding hydrogens is 281 g/mol. The second-order valence-corrected chi connectivity index (χ2v) is 5.83. The molecule has 1 unspecified atom stereocenters. The summed E-state index contributed by atoms with van der Waals surface area (Å²) < 4.78 is 13.2. The van der Waals surface area contributed by atoms with Crippen molar-refractivity contribution in [3.05, 3.63) is 56.5 Å². The van der Waals surface area contributed by atoms with Gasteiger partial charge in [0, 0.05) is 10.9 Å². The average Bonchev–Trinajstić information content (AvgIpc) is 2.70. The fourth-order valence-electron chi connectivity index (χ4n) is 2.09. The monoisotopic (exact) mass is 297 g/mol. The van der Waals surface area contributed by atoms with Gasteiger partial charge in [0.05, 0.1) is 5.02 Å². The first-order valence-corrected chi connectivity index (χ1v) is 7.59. The highest BCUT2D eigenvalue weighted by atomic mass is 35.5. The predicted octanol–water partition coefficient (Wildman–Crippen LogP) is 4.74. The van der Waals surface area contributed by atoms with Crippen molar-refractivity contribution in [2.45, 2.75) is 26.3 Å². The van der Waals surface area contributed by atoms with Crippen molar-refractivity contribution in [1.29, 1.82) is 0 Å². The van der Waals surface area contributed by atoms with Crippen molar-refractivity contribution >= 4 is 22.9 Å². The number of halogens is 2. The number of benzene rings is 1. The molecule has 1 heterocycles. The van der Waals surface area contributed by atoms with E-state index in [4.69, 9.17) is 11.6 Å². The molecule has 0 spiro atoms. The zero-order chi connectivity index (χ0) is 13.8. The molecule has 0 aliphatic rings. The zero-order valence-electron chi connectivity index (χ0n) is 11.0. The van der Waals surface area contributed by atoms with Gasteiger partial charge < -0.3 is 5.32 Å². The molecule has 0 bridgehead atoms. The number of nitrogens with one attached hydrogen (secondary N) is 1. The Morgan fingerprint density at radius 1 is 1.42 bits per heavy atom. The molecule has 1 N–H and O–H groups in total. The largest absolute Gasteiger partial charge is 0.309 e. The van der Waals surface area contributed by atoms with E-state index in [1.807, 2.05) is 13.0 Å². The Kier molecular flexibility index (Phi) is 4.97. The summed E-state index contributed by atoms with van der Waals surface area (Å²) in [6.45, 7) is 4.92. The molecule has 0 saturated heterocycles. The summed E-state index contributed by atoms with van der Waals surface area (Å²) in [5, 5.41) is 6.31. The minimum atomic E-state index is -0.193. The first-order chi connectivity index (χ1) is 9.11. The van der Waals surface area contributed by atoms with Crippen molar-refractivity contribution in [3.8, 4) is 0 Å². The van der Waals surface area contributed by atoms with E-state index >= 15 is 0 Å². The normalized spacial score (nSPS) is 12.6. The van der Waals surface area contributed by atoms with Gasteiger partial charge in [0.25, 0.3) is 0 Å². The third kappa shape index (κ3) is 3.56. The van der Waals surface area contributed by atoms with Crippen LogP contribution in [0.15, 0.2) is 29.6 Å². The molecule has 1 aromatic carbocycles. The molecule has 19 heavy (non-hydrogen) atoms. The van der Waals surface area contributed by atoms with Gasteiger partial charge in [-0.05, 0) is 48.5 Å². The average molecular weight is 298 g/mol. The van der Waals surface area contributed by atoms with E-state index in [2.05, 4.69) is 17.6 Å². The van der Waals surface area contributed by atoms with E-state index < -0.39 is 0 Å². The SMILES string of the molecule is CCNC(Cc1cccc(F)c1)c1scc(C)c1Cl. The molecule has 102 valence electrons. The van der Waals surface area contributed by atoms with Gasteiger partial charge in [-0.25, -0.2) is 4.39 Å². The summed E-state index contributed by atoms with van der Waals surface area (Å²) >= 11 is 7.99. The summed E-state index contributed by atoms with van der Waals surface area (Å²) in [7, 11) is 0. The zero-order valence-corrected chi connectivity index (χ0v) is 12.6. The van der Waals surface area contributed by atoms with E-state index in [9.17, 15) is 4.39 Å². The number of hydrogen-bond donors (Lipinski definition) is 1. The maximum absolute atomic E-state index is 13.2. The van der Waals surface area contributed by atoms with Gasteiger partial charge in [-0.2, -0.15) is 0 Å². The third-order valence-electron chi connectivity index (χ3n) is 3.02. The minimum absolute atomic E-state index is 0.137. The molecule has 0 amide bonds. The summed E-state index contributed by atoms with van der Waals surface area (Å²) in [6.07, 6.45) is 0.741. The van der Waals surface area contributed by atoms with Gasteiger partial charge in [-0.15, -0.1) is 11.3 Å². The van der Waals surface area contributed by atoms with Crippen molar-refractivity contribution in [3.63, 3.8) is 0 Å². The molecule has 0 fully saturated rings. The van der Waals surface area contributed by atoms with Crippen molar-refractivity contribution < 1.29 is 4.39 Å². The van der Waals surface area contributed by atoms with Crippen LogP contribution in [0, 0.1) is 12.7 Å². The second kappa shape index (κ2) is 6.51. The molecular formula is C15H17ClFNS. The summed E-state index contributed by atoms with van der Waals surface area (Å²) in [4.78, 5) is 1.13. The Balaban J connectivity index is 2.23. The van der Waals surface area contributed by atoms with Crippen LogP contribution in [0.25, 0.3) is 0 Å². The van der Waals surface area contributed by atoms with Gasteiger partial charge in [-0.3, -0.25) is 0 Å². The van der Waals surface area contributed by atoms with E-state index in [0.717, 1.165) is 34.0 Å². The van der Waals surface area contributed by atoms with E-state index in [1.165, 1.54) is 6.07 Å². The smallest absolute Gasteiger partial charge is 0.123 e. The van der Waals surface area contributed by atoms with Crippen LogP contribution in [0.4, 0.5) is 4.39 Å². The Morgan fingerprint density at radius 2 is 2.21 bits per heavy atom. The molecule has 0 radical (unpaired) electrons. The van der Waals surface area contributed by atoms with Crippen molar-refractivity contribution in [2.75, 3.05) is 6.54 Å². The van der Waals surface area contributed by atoms with E-state index in [0.29, 0.717) is 0 Å². The van der Waals surface area contributed by atoms with Gasteiger partial charge in [0.15, 0.2) is 0 Å².